The van der Waals surface area contributed by atoms with E-state index in [0.29, 0.717) is 6.54 Å². The maximum Gasteiger partial charge on any atom is 0.219 e. The minimum absolute atomic E-state index is 0.0334. The van der Waals surface area contributed by atoms with Gasteiger partial charge >= 0.3 is 0 Å². The highest BCUT2D eigenvalue weighted by atomic mass is 16.2. The lowest BCUT2D eigenvalue weighted by Gasteiger charge is -2.18. The molecule has 1 heterocycles. The summed E-state index contributed by atoms with van der Waals surface area (Å²) in [5, 5.41) is 3.59. The largest absolute Gasteiger partial charge is 0.340 e. The van der Waals surface area contributed by atoms with Gasteiger partial charge in [-0.3, -0.25) is 4.79 Å². The molecule has 1 amide bonds. The van der Waals surface area contributed by atoms with Crippen molar-refractivity contribution in [2.75, 3.05) is 6.54 Å². The Hall–Kier alpha value is -1.22. The number of hydrogen-bond acceptors (Lipinski definition) is 2. The molecule has 0 bridgehead atoms. The minimum atomic E-state index is -0.0334. The summed E-state index contributed by atoms with van der Waals surface area (Å²) in [6.45, 7) is 4.07. The molecule has 5 nitrogen and oxygen atoms in total. The number of amides is 1. The van der Waals surface area contributed by atoms with Crippen LogP contribution in [0, 0.1) is 0 Å². The summed E-state index contributed by atoms with van der Waals surface area (Å²) in [6.07, 6.45) is 0.781. The molecular weight excluding hydrogens is 156 g/mol. The van der Waals surface area contributed by atoms with Crippen LogP contribution in [0.5, 0.6) is 0 Å². The number of carbonyl (C=O) groups excluding carboxylic acids is 1. The van der Waals surface area contributed by atoms with Crippen LogP contribution in [0.25, 0.3) is 10.4 Å². The molecule has 0 unspecified atom stereocenters. The smallest absolute Gasteiger partial charge is 0.219 e. The monoisotopic (exact) mass is 168 g/mol. The Balaban J connectivity index is 2.61. The highest BCUT2D eigenvalue weighted by Gasteiger charge is 2.29. The quantitative estimate of drug-likeness (QED) is 0.330. The molecule has 1 aliphatic heterocycles. The maximum absolute atomic E-state index is 11.0. The number of rotatable bonds is 1. The van der Waals surface area contributed by atoms with Gasteiger partial charge in [0, 0.05) is 24.4 Å². The predicted octanol–water partition coefficient (Wildman–Crippen LogP) is 1.31. The van der Waals surface area contributed by atoms with Crippen LogP contribution in [0.2, 0.25) is 0 Å². The molecule has 0 radical (unpaired) electrons. The summed E-state index contributed by atoms with van der Waals surface area (Å²) < 4.78 is 0. The topological polar surface area (TPSA) is 69.1 Å². The number of carbonyl (C=O) groups is 1. The molecule has 1 fully saturated rings. The van der Waals surface area contributed by atoms with E-state index < -0.39 is 0 Å². The summed E-state index contributed by atoms with van der Waals surface area (Å²) >= 11 is 0. The van der Waals surface area contributed by atoms with Crippen molar-refractivity contribution in [1.82, 2.24) is 4.90 Å². The van der Waals surface area contributed by atoms with Gasteiger partial charge in [0.05, 0.1) is 6.04 Å². The van der Waals surface area contributed by atoms with Crippen molar-refractivity contribution in [1.29, 1.82) is 0 Å². The molecule has 0 aliphatic carbocycles. The molecular formula is C7H12N4O. The summed E-state index contributed by atoms with van der Waals surface area (Å²) in [7, 11) is 0. The molecule has 2 atom stereocenters. The minimum Gasteiger partial charge on any atom is -0.340 e. The lowest BCUT2D eigenvalue weighted by Crippen LogP contribution is -2.31. The molecule has 1 saturated heterocycles. The third-order valence-corrected chi connectivity index (χ3v) is 2.17. The number of nitrogens with zero attached hydrogens (tertiary/aromatic N) is 4. The van der Waals surface area contributed by atoms with Crippen molar-refractivity contribution in [3.8, 4) is 0 Å². The fourth-order valence-electron chi connectivity index (χ4n) is 1.60. The van der Waals surface area contributed by atoms with E-state index in [4.69, 9.17) is 5.53 Å². The van der Waals surface area contributed by atoms with E-state index in [-0.39, 0.29) is 18.0 Å². The zero-order valence-electron chi connectivity index (χ0n) is 7.27. The fourth-order valence-corrected chi connectivity index (χ4v) is 1.60. The van der Waals surface area contributed by atoms with E-state index in [2.05, 4.69) is 10.0 Å². The summed E-state index contributed by atoms with van der Waals surface area (Å²) in [6, 6.07) is 0.173. The van der Waals surface area contributed by atoms with E-state index in [1.54, 1.807) is 4.90 Å². The first-order valence-corrected chi connectivity index (χ1v) is 3.96. The molecule has 0 aromatic carbocycles. The average molecular weight is 168 g/mol. The zero-order valence-corrected chi connectivity index (χ0v) is 7.27. The van der Waals surface area contributed by atoms with Crippen molar-refractivity contribution in [2.45, 2.75) is 32.4 Å². The number of hydrogen-bond donors (Lipinski definition) is 0. The van der Waals surface area contributed by atoms with E-state index in [0.717, 1.165) is 6.42 Å². The van der Waals surface area contributed by atoms with Gasteiger partial charge in [-0.2, -0.15) is 0 Å². The highest BCUT2D eigenvalue weighted by Crippen LogP contribution is 2.19. The van der Waals surface area contributed by atoms with Crippen LogP contribution < -0.4 is 0 Å². The average Bonchev–Trinajstić information content (AvgIpc) is 2.32. The van der Waals surface area contributed by atoms with Crippen molar-refractivity contribution >= 4 is 5.91 Å². The molecule has 1 rings (SSSR count). The van der Waals surface area contributed by atoms with Crippen LogP contribution in [0.4, 0.5) is 0 Å². The number of azide groups is 1. The van der Waals surface area contributed by atoms with E-state index in [1.165, 1.54) is 6.92 Å². The Kier molecular flexibility index (Phi) is 2.55. The third-order valence-electron chi connectivity index (χ3n) is 2.17. The Bertz CT molecular complexity index is 234. The zero-order chi connectivity index (χ0) is 9.14. The summed E-state index contributed by atoms with van der Waals surface area (Å²) in [4.78, 5) is 15.5. The standard InChI is InChI=1S/C7H12N4O/c1-5-3-7(9-10-8)4-11(5)6(2)12/h5,7H,3-4H2,1-2H3/t5-,7+/m1/s1. The first kappa shape index (κ1) is 8.87. The van der Waals surface area contributed by atoms with Gasteiger partial charge in [-0.05, 0) is 18.9 Å². The van der Waals surface area contributed by atoms with E-state index in [1.807, 2.05) is 6.92 Å². The molecule has 1 aliphatic rings. The van der Waals surface area contributed by atoms with Crippen LogP contribution in [0.15, 0.2) is 5.11 Å². The van der Waals surface area contributed by atoms with Crippen molar-refractivity contribution in [3.63, 3.8) is 0 Å². The second-order valence-electron chi connectivity index (χ2n) is 3.11. The van der Waals surface area contributed by atoms with Gasteiger partial charge in [0.25, 0.3) is 0 Å². The van der Waals surface area contributed by atoms with Crippen molar-refractivity contribution in [2.24, 2.45) is 5.11 Å². The lowest BCUT2D eigenvalue weighted by molar-refractivity contribution is -0.129. The van der Waals surface area contributed by atoms with Gasteiger partial charge in [0.2, 0.25) is 5.91 Å². The molecule has 12 heavy (non-hydrogen) atoms. The molecule has 0 saturated carbocycles. The molecule has 66 valence electrons. The molecule has 0 aromatic heterocycles. The SMILES string of the molecule is CC(=O)N1C[C@@H](N=[N+]=[N-])C[C@H]1C. The van der Waals surface area contributed by atoms with Crippen molar-refractivity contribution < 1.29 is 4.79 Å². The van der Waals surface area contributed by atoms with Crippen LogP contribution in [0.3, 0.4) is 0 Å². The van der Waals surface area contributed by atoms with Gasteiger partial charge < -0.3 is 4.90 Å². The Morgan fingerprint density at radius 2 is 2.42 bits per heavy atom. The van der Waals surface area contributed by atoms with Crippen LogP contribution in [0.1, 0.15) is 20.3 Å². The van der Waals surface area contributed by atoms with Gasteiger partial charge in [0.15, 0.2) is 0 Å². The predicted molar refractivity (Wildman–Crippen MR) is 44.4 cm³/mol. The van der Waals surface area contributed by atoms with Crippen LogP contribution in [-0.2, 0) is 4.79 Å². The first-order valence-electron chi connectivity index (χ1n) is 3.96. The normalized spacial score (nSPS) is 28.3. The molecule has 0 aromatic rings. The fraction of sp³-hybridized carbons (Fsp3) is 0.857. The molecule has 0 N–H and O–H groups in total. The summed E-state index contributed by atoms with van der Waals surface area (Å²) in [5.74, 6) is 0.0538. The van der Waals surface area contributed by atoms with Crippen molar-refractivity contribution in [3.05, 3.63) is 10.4 Å². The van der Waals surface area contributed by atoms with E-state index >= 15 is 0 Å². The van der Waals surface area contributed by atoms with Crippen LogP contribution in [-0.4, -0.2) is 29.4 Å². The second kappa shape index (κ2) is 3.45. The molecule has 5 heteroatoms. The van der Waals surface area contributed by atoms with Gasteiger partial charge in [0.1, 0.15) is 0 Å². The van der Waals surface area contributed by atoms with Gasteiger partial charge in [-0.1, -0.05) is 5.11 Å². The summed E-state index contributed by atoms with van der Waals surface area (Å²) in [5.41, 5.74) is 8.19. The maximum atomic E-state index is 11.0. The molecule has 0 spiro atoms. The first-order chi connectivity index (χ1) is 5.65. The van der Waals surface area contributed by atoms with Gasteiger partial charge in [-0.15, -0.1) is 0 Å². The Morgan fingerprint density at radius 3 is 2.83 bits per heavy atom. The highest BCUT2D eigenvalue weighted by molar-refractivity contribution is 5.74. The van der Waals surface area contributed by atoms with Crippen LogP contribution >= 0.6 is 0 Å². The lowest BCUT2D eigenvalue weighted by atomic mass is 10.2. The third kappa shape index (κ3) is 1.68. The van der Waals surface area contributed by atoms with Gasteiger partial charge in [-0.25, -0.2) is 0 Å². The van der Waals surface area contributed by atoms with E-state index in [9.17, 15) is 4.79 Å². The second-order valence-corrected chi connectivity index (χ2v) is 3.11. The number of likely N-dealkylation sites (tertiary alicyclic amines) is 1. The Labute approximate surface area is 71.0 Å². The Morgan fingerprint density at radius 1 is 1.75 bits per heavy atom.